The monoisotopic (exact) mass is 283 g/mol. The van der Waals surface area contributed by atoms with E-state index < -0.39 is 0 Å². The summed E-state index contributed by atoms with van der Waals surface area (Å²) in [6.45, 7) is 2.07. The average molecular weight is 284 g/mol. The summed E-state index contributed by atoms with van der Waals surface area (Å²) in [4.78, 5) is 4.35. The summed E-state index contributed by atoms with van der Waals surface area (Å²) in [6, 6.07) is 2.61. The lowest BCUT2D eigenvalue weighted by atomic mass is 9.91. The van der Waals surface area contributed by atoms with Crippen molar-refractivity contribution in [2.24, 2.45) is 5.73 Å². The van der Waals surface area contributed by atoms with Crippen molar-refractivity contribution in [2.45, 2.75) is 44.7 Å². The molecule has 0 radical (unpaired) electrons. The molecule has 16 heavy (non-hydrogen) atoms. The van der Waals surface area contributed by atoms with Gasteiger partial charge >= 0.3 is 0 Å². The lowest BCUT2D eigenvalue weighted by molar-refractivity contribution is 0.403. The number of anilines is 1. The van der Waals surface area contributed by atoms with Crippen molar-refractivity contribution in [1.29, 1.82) is 0 Å². The number of nitrogens with two attached hydrogens (primary N) is 1. The second-order valence-electron chi connectivity index (χ2n) is 4.49. The third kappa shape index (κ3) is 2.55. The highest BCUT2D eigenvalue weighted by molar-refractivity contribution is 9.10. The van der Waals surface area contributed by atoms with Crippen LogP contribution in [-0.2, 0) is 0 Å². The molecule has 2 rings (SSSR count). The fraction of sp³-hybridized carbons (Fsp3) is 0.583. The van der Waals surface area contributed by atoms with E-state index in [1.54, 1.807) is 0 Å². The molecule has 0 aromatic carbocycles. The van der Waals surface area contributed by atoms with E-state index in [4.69, 9.17) is 5.73 Å². The van der Waals surface area contributed by atoms with Gasteiger partial charge in [0.2, 0.25) is 0 Å². The first kappa shape index (κ1) is 11.9. The van der Waals surface area contributed by atoms with Crippen LogP contribution in [0.5, 0.6) is 0 Å². The highest BCUT2D eigenvalue weighted by Gasteiger charge is 2.22. The van der Waals surface area contributed by atoms with Crippen LogP contribution >= 0.6 is 15.9 Å². The highest BCUT2D eigenvalue weighted by atomic mass is 79.9. The SMILES string of the molecule is Cc1ccnc(N[C@@H]2CCCC[C@H]2N)c1Br. The molecular formula is C12H18BrN3. The van der Waals surface area contributed by atoms with Crippen LogP contribution in [0.25, 0.3) is 0 Å². The van der Waals surface area contributed by atoms with Crippen LogP contribution in [0, 0.1) is 6.92 Å². The smallest absolute Gasteiger partial charge is 0.140 e. The summed E-state index contributed by atoms with van der Waals surface area (Å²) >= 11 is 3.56. The van der Waals surface area contributed by atoms with Gasteiger partial charge in [0, 0.05) is 18.3 Å². The van der Waals surface area contributed by atoms with Crippen LogP contribution < -0.4 is 11.1 Å². The van der Waals surface area contributed by atoms with Crippen LogP contribution in [0.4, 0.5) is 5.82 Å². The van der Waals surface area contributed by atoms with Crippen LogP contribution in [0.1, 0.15) is 31.2 Å². The first-order chi connectivity index (χ1) is 7.68. The summed E-state index contributed by atoms with van der Waals surface area (Å²) < 4.78 is 1.05. The molecule has 0 amide bonds. The van der Waals surface area contributed by atoms with Crippen molar-refractivity contribution < 1.29 is 0 Å². The molecule has 0 bridgehead atoms. The second kappa shape index (κ2) is 5.15. The molecule has 0 aliphatic heterocycles. The lowest BCUT2D eigenvalue weighted by Crippen LogP contribution is -2.42. The maximum absolute atomic E-state index is 6.11. The van der Waals surface area contributed by atoms with Crippen molar-refractivity contribution in [3.63, 3.8) is 0 Å². The quantitative estimate of drug-likeness (QED) is 0.878. The Morgan fingerprint density at radius 2 is 2.19 bits per heavy atom. The summed E-state index contributed by atoms with van der Waals surface area (Å²) in [7, 11) is 0. The van der Waals surface area contributed by atoms with E-state index in [1.807, 2.05) is 12.3 Å². The van der Waals surface area contributed by atoms with Gasteiger partial charge in [-0.15, -0.1) is 0 Å². The van der Waals surface area contributed by atoms with Gasteiger partial charge in [-0.1, -0.05) is 12.8 Å². The molecule has 1 aromatic rings. The summed E-state index contributed by atoms with van der Waals surface area (Å²) in [5.74, 6) is 0.919. The topological polar surface area (TPSA) is 50.9 Å². The normalized spacial score (nSPS) is 25.4. The number of pyridine rings is 1. The molecule has 0 unspecified atom stereocenters. The van der Waals surface area contributed by atoms with Crippen molar-refractivity contribution >= 4 is 21.7 Å². The van der Waals surface area contributed by atoms with Crippen LogP contribution in [0.15, 0.2) is 16.7 Å². The molecule has 1 aliphatic rings. The number of rotatable bonds is 2. The average Bonchev–Trinajstić information content (AvgIpc) is 2.28. The van der Waals surface area contributed by atoms with E-state index in [9.17, 15) is 0 Å². The zero-order valence-corrected chi connectivity index (χ0v) is 11.1. The van der Waals surface area contributed by atoms with Gasteiger partial charge in [-0.05, 0) is 47.3 Å². The van der Waals surface area contributed by atoms with E-state index >= 15 is 0 Å². The zero-order valence-electron chi connectivity index (χ0n) is 9.54. The standard InChI is InChI=1S/C12H18BrN3/c1-8-6-7-15-12(11(8)13)16-10-5-3-2-4-9(10)14/h6-7,9-10H,2-5,14H2,1H3,(H,15,16)/t9-,10-/m1/s1. The van der Waals surface area contributed by atoms with Crippen molar-refractivity contribution in [3.8, 4) is 0 Å². The van der Waals surface area contributed by atoms with Gasteiger partial charge in [0.1, 0.15) is 5.82 Å². The Bertz CT molecular complexity index is 367. The molecule has 1 heterocycles. The van der Waals surface area contributed by atoms with Gasteiger partial charge in [0.05, 0.1) is 4.47 Å². The van der Waals surface area contributed by atoms with Gasteiger partial charge < -0.3 is 11.1 Å². The summed E-state index contributed by atoms with van der Waals surface area (Å²) in [6.07, 6.45) is 6.59. The Labute approximate surface area is 105 Å². The molecule has 88 valence electrons. The van der Waals surface area contributed by atoms with E-state index in [0.717, 1.165) is 23.1 Å². The Hall–Kier alpha value is -0.610. The summed E-state index contributed by atoms with van der Waals surface area (Å²) in [5.41, 5.74) is 7.31. The molecular weight excluding hydrogens is 266 g/mol. The van der Waals surface area contributed by atoms with Crippen LogP contribution in [-0.4, -0.2) is 17.1 Å². The molecule has 2 atom stereocenters. The molecule has 1 fully saturated rings. The molecule has 1 aromatic heterocycles. The van der Waals surface area contributed by atoms with E-state index in [1.165, 1.54) is 18.4 Å². The molecule has 0 spiro atoms. The minimum absolute atomic E-state index is 0.253. The largest absolute Gasteiger partial charge is 0.365 e. The minimum Gasteiger partial charge on any atom is -0.365 e. The third-order valence-electron chi connectivity index (χ3n) is 3.22. The Morgan fingerprint density at radius 1 is 1.44 bits per heavy atom. The third-order valence-corrected chi connectivity index (χ3v) is 4.22. The Kier molecular flexibility index (Phi) is 3.82. The fourth-order valence-corrected chi connectivity index (χ4v) is 2.50. The van der Waals surface area contributed by atoms with E-state index in [2.05, 4.69) is 33.2 Å². The number of halogens is 1. The Balaban J connectivity index is 2.10. The fourth-order valence-electron chi connectivity index (χ4n) is 2.16. The van der Waals surface area contributed by atoms with Crippen molar-refractivity contribution in [3.05, 3.63) is 22.3 Å². The number of aromatic nitrogens is 1. The Morgan fingerprint density at radius 3 is 2.94 bits per heavy atom. The van der Waals surface area contributed by atoms with Crippen LogP contribution in [0.3, 0.4) is 0 Å². The van der Waals surface area contributed by atoms with Gasteiger partial charge in [0.25, 0.3) is 0 Å². The van der Waals surface area contributed by atoms with Crippen LogP contribution in [0.2, 0.25) is 0 Å². The number of aryl methyl sites for hydroxylation is 1. The van der Waals surface area contributed by atoms with Gasteiger partial charge in [-0.3, -0.25) is 0 Å². The van der Waals surface area contributed by atoms with E-state index in [-0.39, 0.29) is 6.04 Å². The first-order valence-electron chi connectivity index (χ1n) is 5.81. The number of nitrogens with zero attached hydrogens (tertiary/aromatic N) is 1. The van der Waals surface area contributed by atoms with Gasteiger partial charge in [-0.2, -0.15) is 0 Å². The maximum atomic E-state index is 6.11. The second-order valence-corrected chi connectivity index (χ2v) is 5.28. The van der Waals surface area contributed by atoms with Crippen molar-refractivity contribution in [1.82, 2.24) is 4.98 Å². The zero-order chi connectivity index (χ0) is 11.5. The predicted octanol–water partition coefficient (Wildman–Crippen LogP) is 2.83. The molecule has 3 N–H and O–H groups in total. The molecule has 3 nitrogen and oxygen atoms in total. The number of hydrogen-bond acceptors (Lipinski definition) is 3. The van der Waals surface area contributed by atoms with Crippen molar-refractivity contribution in [2.75, 3.05) is 5.32 Å². The maximum Gasteiger partial charge on any atom is 0.140 e. The lowest BCUT2D eigenvalue weighted by Gasteiger charge is -2.30. The summed E-state index contributed by atoms with van der Waals surface area (Å²) in [5, 5.41) is 3.46. The first-order valence-corrected chi connectivity index (χ1v) is 6.61. The molecule has 1 saturated carbocycles. The predicted molar refractivity (Wildman–Crippen MR) is 70.5 cm³/mol. The van der Waals surface area contributed by atoms with Gasteiger partial charge in [-0.25, -0.2) is 4.98 Å². The van der Waals surface area contributed by atoms with E-state index in [0.29, 0.717) is 6.04 Å². The van der Waals surface area contributed by atoms with Gasteiger partial charge in [0.15, 0.2) is 0 Å². The molecule has 4 heteroatoms. The number of hydrogen-bond donors (Lipinski definition) is 2. The minimum atomic E-state index is 0.253. The molecule has 1 aliphatic carbocycles. The molecule has 0 saturated heterocycles. The highest BCUT2D eigenvalue weighted by Crippen LogP contribution is 2.26. The number of nitrogens with one attached hydrogen (secondary N) is 1.